The molecule has 0 spiro atoms. The van der Waals surface area contributed by atoms with E-state index < -0.39 is 41.3 Å². The third-order valence-electron chi connectivity index (χ3n) is 4.72. The molecule has 0 aliphatic heterocycles. The molecular weight excluding hydrogens is 426 g/mol. The molecule has 1 atom stereocenters. The van der Waals surface area contributed by atoms with Gasteiger partial charge in [0.05, 0.1) is 12.1 Å². The molecule has 2 aromatic carbocycles. The van der Waals surface area contributed by atoms with Crippen LogP contribution in [0.25, 0.3) is 0 Å². The van der Waals surface area contributed by atoms with Crippen molar-refractivity contribution in [3.8, 4) is 11.5 Å². The van der Waals surface area contributed by atoms with Crippen LogP contribution in [-0.4, -0.2) is 22.9 Å². The van der Waals surface area contributed by atoms with Crippen LogP contribution in [0.5, 0.6) is 11.5 Å². The highest BCUT2D eigenvalue weighted by Crippen LogP contribution is 2.43. The van der Waals surface area contributed by atoms with Crippen LogP contribution in [0.1, 0.15) is 22.7 Å². The molecule has 0 bridgehead atoms. The van der Waals surface area contributed by atoms with Crippen LogP contribution in [0, 0.1) is 18.6 Å². The van der Waals surface area contributed by atoms with Crippen molar-refractivity contribution in [2.45, 2.75) is 18.8 Å². The molecule has 32 heavy (non-hydrogen) atoms. The van der Waals surface area contributed by atoms with Gasteiger partial charge in [0.15, 0.2) is 0 Å². The minimum absolute atomic E-state index is 0.244. The quantitative estimate of drug-likeness (QED) is 0.176. The third-order valence-corrected chi connectivity index (χ3v) is 4.72. The predicted molar refractivity (Wildman–Crippen MR) is 112 cm³/mol. The number of nitrogens with zero attached hydrogens (tertiary/aromatic N) is 3. The lowest BCUT2D eigenvalue weighted by Crippen LogP contribution is -2.40. The van der Waals surface area contributed by atoms with Gasteiger partial charge in [-0.05, 0) is 42.8 Å². The van der Waals surface area contributed by atoms with E-state index in [1.807, 2.05) is 19.1 Å². The van der Waals surface area contributed by atoms with Crippen LogP contribution in [-0.2, 0) is 5.92 Å². The van der Waals surface area contributed by atoms with Crippen molar-refractivity contribution in [2.75, 3.05) is 6.54 Å². The van der Waals surface area contributed by atoms with Crippen molar-refractivity contribution in [1.82, 2.24) is 9.99 Å². The summed E-state index contributed by atoms with van der Waals surface area (Å²) in [6.45, 7) is 1.35. The Kier molecular flexibility index (Phi) is 6.94. The normalized spacial score (nSPS) is 12.7. The molecule has 0 saturated heterocycles. The maximum absolute atomic E-state index is 15.5. The van der Waals surface area contributed by atoms with Crippen LogP contribution in [0.15, 0.2) is 65.9 Å². The molecule has 0 aliphatic rings. The molecule has 1 unspecified atom stereocenters. The van der Waals surface area contributed by atoms with Gasteiger partial charge in [0.2, 0.25) is 0 Å². The Balaban J connectivity index is 1.91. The van der Waals surface area contributed by atoms with E-state index in [-0.39, 0.29) is 5.75 Å². The number of nitrogens with two attached hydrogens (primary N) is 2. The minimum atomic E-state index is -3.68. The van der Waals surface area contributed by atoms with Gasteiger partial charge in [-0.25, -0.2) is 14.6 Å². The Morgan fingerprint density at radius 2 is 1.78 bits per heavy atom. The molecule has 3 rings (SSSR count). The number of pyridine rings is 1. The molecule has 10 heteroatoms. The molecule has 0 amide bonds. The molecular formula is C22H21F4N5O. The van der Waals surface area contributed by atoms with Gasteiger partial charge in [-0.3, -0.25) is 9.99 Å². The van der Waals surface area contributed by atoms with E-state index in [1.165, 1.54) is 6.07 Å². The molecule has 4 N–H and O–H groups in total. The Morgan fingerprint density at radius 1 is 1.09 bits per heavy atom. The number of hydrazine groups is 1. The van der Waals surface area contributed by atoms with Crippen LogP contribution >= 0.6 is 0 Å². The lowest BCUT2D eigenvalue weighted by Gasteiger charge is -2.29. The zero-order valence-electron chi connectivity index (χ0n) is 17.1. The van der Waals surface area contributed by atoms with Crippen molar-refractivity contribution in [3.63, 3.8) is 0 Å². The standard InChI is InChI=1S/C22H21F4N5O/c1-14-2-5-16(6-3-14)32-17-7-9-21(29-11-17)22(25,26)19(12-31(28)13-30-27)18-8-4-15(23)10-20(18)24/h2-11,13,19H,12,27-28H2,1H3/b30-13-. The molecule has 0 aliphatic carbocycles. The highest BCUT2D eigenvalue weighted by atomic mass is 19.3. The second-order valence-corrected chi connectivity index (χ2v) is 7.10. The zero-order valence-corrected chi connectivity index (χ0v) is 17.1. The number of benzene rings is 2. The van der Waals surface area contributed by atoms with E-state index >= 15 is 8.78 Å². The molecule has 1 heterocycles. The van der Waals surface area contributed by atoms with Crippen LogP contribution in [0.4, 0.5) is 17.6 Å². The minimum Gasteiger partial charge on any atom is -0.456 e. The lowest BCUT2D eigenvalue weighted by atomic mass is 9.89. The van der Waals surface area contributed by atoms with Gasteiger partial charge >= 0.3 is 0 Å². The number of aryl methyl sites for hydroxylation is 1. The monoisotopic (exact) mass is 447 g/mol. The summed E-state index contributed by atoms with van der Waals surface area (Å²) in [5, 5.41) is 3.96. The average Bonchev–Trinajstić information content (AvgIpc) is 2.75. The third kappa shape index (κ3) is 5.33. The van der Waals surface area contributed by atoms with Gasteiger partial charge in [-0.1, -0.05) is 23.8 Å². The van der Waals surface area contributed by atoms with Crippen molar-refractivity contribution in [3.05, 3.63) is 89.2 Å². The summed E-state index contributed by atoms with van der Waals surface area (Å²) < 4.78 is 64.3. The summed E-state index contributed by atoms with van der Waals surface area (Å²) in [4.78, 5) is 3.82. The fourth-order valence-corrected chi connectivity index (χ4v) is 3.09. The van der Waals surface area contributed by atoms with Gasteiger partial charge in [0.25, 0.3) is 5.92 Å². The molecule has 0 fully saturated rings. The smallest absolute Gasteiger partial charge is 0.298 e. The summed E-state index contributed by atoms with van der Waals surface area (Å²) in [6.07, 6.45) is 2.05. The number of hydrogen-bond donors (Lipinski definition) is 2. The van der Waals surface area contributed by atoms with Gasteiger partial charge in [-0.15, -0.1) is 0 Å². The number of aromatic nitrogens is 1. The van der Waals surface area contributed by atoms with Crippen molar-refractivity contribution >= 4 is 6.34 Å². The molecule has 3 aromatic rings. The van der Waals surface area contributed by atoms with Crippen molar-refractivity contribution < 1.29 is 22.3 Å². The first-order chi connectivity index (χ1) is 15.2. The largest absolute Gasteiger partial charge is 0.456 e. The predicted octanol–water partition coefficient (Wildman–Crippen LogP) is 4.41. The van der Waals surface area contributed by atoms with Gasteiger partial charge < -0.3 is 10.6 Å². The maximum Gasteiger partial charge on any atom is 0.298 e. The first-order valence-corrected chi connectivity index (χ1v) is 9.49. The van der Waals surface area contributed by atoms with E-state index in [4.69, 9.17) is 16.4 Å². The number of halogens is 4. The first-order valence-electron chi connectivity index (χ1n) is 9.49. The lowest BCUT2D eigenvalue weighted by molar-refractivity contribution is -0.0443. The van der Waals surface area contributed by atoms with Gasteiger partial charge in [0, 0.05) is 12.6 Å². The number of alkyl halides is 2. The Labute approximate surface area is 182 Å². The van der Waals surface area contributed by atoms with E-state index in [0.29, 0.717) is 11.8 Å². The summed E-state index contributed by atoms with van der Waals surface area (Å²) in [5.41, 5.74) is -0.0298. The Hall–Kier alpha value is -3.66. The molecule has 0 radical (unpaired) electrons. The second kappa shape index (κ2) is 9.65. The highest BCUT2D eigenvalue weighted by molar-refractivity contribution is 5.53. The van der Waals surface area contributed by atoms with Crippen LogP contribution < -0.4 is 16.4 Å². The average molecular weight is 447 g/mol. The van der Waals surface area contributed by atoms with Crippen LogP contribution in [0.3, 0.4) is 0 Å². The number of hydrazone groups is 1. The van der Waals surface area contributed by atoms with Crippen molar-refractivity contribution in [1.29, 1.82) is 0 Å². The molecule has 0 saturated carbocycles. The van der Waals surface area contributed by atoms with Crippen molar-refractivity contribution in [2.24, 2.45) is 16.8 Å². The van der Waals surface area contributed by atoms with Gasteiger partial charge in [0.1, 0.15) is 35.2 Å². The molecule has 6 nitrogen and oxygen atoms in total. The van der Waals surface area contributed by atoms with E-state index in [9.17, 15) is 8.78 Å². The highest BCUT2D eigenvalue weighted by Gasteiger charge is 2.45. The Morgan fingerprint density at radius 3 is 2.38 bits per heavy atom. The first kappa shape index (κ1) is 23.0. The molecule has 1 aromatic heterocycles. The number of hydrogen-bond acceptors (Lipinski definition) is 5. The molecule has 168 valence electrons. The van der Waals surface area contributed by atoms with E-state index in [1.54, 1.807) is 12.1 Å². The van der Waals surface area contributed by atoms with Crippen LogP contribution in [0.2, 0.25) is 0 Å². The summed E-state index contributed by atoms with van der Waals surface area (Å²) in [6, 6.07) is 11.9. The van der Waals surface area contributed by atoms with Gasteiger partial charge in [-0.2, -0.15) is 13.9 Å². The van der Waals surface area contributed by atoms with E-state index in [2.05, 4.69) is 10.1 Å². The fourth-order valence-electron chi connectivity index (χ4n) is 3.09. The summed E-state index contributed by atoms with van der Waals surface area (Å²) in [5.74, 6) is 3.88. The Bertz CT molecular complexity index is 1070. The fraction of sp³-hybridized carbons (Fsp3) is 0.182. The summed E-state index contributed by atoms with van der Waals surface area (Å²) in [7, 11) is 0. The second-order valence-electron chi connectivity index (χ2n) is 7.10. The number of ether oxygens (including phenoxy) is 1. The maximum atomic E-state index is 15.5. The van der Waals surface area contributed by atoms with E-state index in [0.717, 1.165) is 41.3 Å². The summed E-state index contributed by atoms with van der Waals surface area (Å²) >= 11 is 0. The number of rotatable bonds is 8. The topological polar surface area (TPSA) is 89.8 Å². The zero-order chi connectivity index (χ0) is 23.3. The SMILES string of the molecule is Cc1ccc(Oc2ccc(C(F)(F)C(CN(N)/C=N\N)c3ccc(F)cc3F)nc2)cc1.